The molecule has 10 heavy (non-hydrogen) atoms. The van der Waals surface area contributed by atoms with Crippen LogP contribution in [0.4, 0.5) is 4.79 Å². The summed E-state index contributed by atoms with van der Waals surface area (Å²) in [6.07, 6.45) is -0.171. The number of carbonyl (C=O) groups is 2. The van der Waals surface area contributed by atoms with E-state index in [1.807, 2.05) is 0 Å². The zero-order valence-electron chi connectivity index (χ0n) is 5.03. The molecule has 1 atom stereocenters. The molecule has 0 bridgehead atoms. The number of esters is 1. The molecule has 1 unspecified atom stereocenters. The third-order valence-corrected chi connectivity index (χ3v) is 1.38. The summed E-state index contributed by atoms with van der Waals surface area (Å²) in [5.74, 6) is -0.691. The van der Waals surface area contributed by atoms with E-state index in [0.717, 1.165) is 0 Å². The van der Waals surface area contributed by atoms with Gasteiger partial charge in [-0.1, -0.05) is 0 Å². The fraction of sp³-hybridized carbons (Fsp3) is 0.500. The van der Waals surface area contributed by atoms with Crippen molar-refractivity contribution in [1.29, 1.82) is 0 Å². The number of carboxylic acid groups (broad SMARTS) is 1. The molecule has 0 aliphatic rings. The SMILES string of the molecule is O=C(CPC(=O)O)OCO. The summed E-state index contributed by atoms with van der Waals surface area (Å²) in [6, 6.07) is 0. The smallest absolute Gasteiger partial charge is 0.321 e. The highest BCUT2D eigenvalue weighted by Gasteiger charge is 2.04. The molecule has 58 valence electrons. The van der Waals surface area contributed by atoms with Crippen LogP contribution in [0.1, 0.15) is 0 Å². The van der Waals surface area contributed by atoms with Crippen LogP contribution in [0.25, 0.3) is 0 Å². The fourth-order valence-corrected chi connectivity index (χ4v) is 0.668. The number of ether oxygens (including phenoxy) is 1. The van der Waals surface area contributed by atoms with E-state index >= 15 is 0 Å². The third kappa shape index (κ3) is 5.47. The molecule has 6 heteroatoms. The van der Waals surface area contributed by atoms with E-state index < -0.39 is 27.1 Å². The van der Waals surface area contributed by atoms with Gasteiger partial charge in [0.1, 0.15) is 0 Å². The van der Waals surface area contributed by atoms with Gasteiger partial charge in [0.25, 0.3) is 0 Å². The molecule has 0 aliphatic heterocycles. The van der Waals surface area contributed by atoms with Gasteiger partial charge in [-0.3, -0.25) is 4.79 Å². The first kappa shape index (κ1) is 9.33. The first-order valence-electron chi connectivity index (χ1n) is 2.40. The van der Waals surface area contributed by atoms with E-state index in [1.54, 1.807) is 0 Å². The normalized spacial score (nSPS) is 10.1. The van der Waals surface area contributed by atoms with Gasteiger partial charge in [0, 0.05) is 8.58 Å². The Labute approximate surface area is 58.8 Å². The van der Waals surface area contributed by atoms with Crippen LogP contribution in [0.2, 0.25) is 0 Å². The maximum atomic E-state index is 10.3. The van der Waals surface area contributed by atoms with Gasteiger partial charge in [-0.05, 0) is 0 Å². The van der Waals surface area contributed by atoms with Gasteiger partial charge in [0.15, 0.2) is 6.79 Å². The minimum atomic E-state index is -1.03. The minimum absolute atomic E-state index is 0.171. The molecule has 0 aromatic carbocycles. The molecular formula is C4H7O5P. The Balaban J connectivity index is 3.30. The first-order chi connectivity index (χ1) is 4.66. The van der Waals surface area contributed by atoms with E-state index in [9.17, 15) is 9.59 Å². The molecule has 0 saturated heterocycles. The Morgan fingerprint density at radius 1 is 1.50 bits per heavy atom. The van der Waals surface area contributed by atoms with Crippen molar-refractivity contribution in [3.8, 4) is 0 Å². The Hall–Kier alpha value is -0.670. The van der Waals surface area contributed by atoms with Gasteiger partial charge >= 0.3 is 11.7 Å². The van der Waals surface area contributed by atoms with Crippen molar-refractivity contribution >= 4 is 20.3 Å². The summed E-state index contributed by atoms with van der Waals surface area (Å²) in [4.78, 5) is 20.2. The van der Waals surface area contributed by atoms with Gasteiger partial charge in [-0.25, -0.2) is 4.79 Å². The molecule has 0 spiro atoms. The summed E-state index contributed by atoms with van der Waals surface area (Å²) in [7, 11) is -0.490. The Morgan fingerprint density at radius 2 is 2.10 bits per heavy atom. The average Bonchev–Trinajstić information content (AvgIpc) is 1.85. The van der Waals surface area contributed by atoms with Crippen molar-refractivity contribution in [2.75, 3.05) is 13.0 Å². The van der Waals surface area contributed by atoms with Crippen LogP contribution in [-0.2, 0) is 9.53 Å². The maximum Gasteiger partial charge on any atom is 0.321 e. The van der Waals surface area contributed by atoms with Gasteiger partial charge in [-0.15, -0.1) is 0 Å². The average molecular weight is 166 g/mol. The predicted octanol–water partition coefficient (Wildman–Crippen LogP) is -0.164. The van der Waals surface area contributed by atoms with Gasteiger partial charge < -0.3 is 14.9 Å². The number of carbonyl (C=O) groups excluding carboxylic acids is 1. The molecule has 0 heterocycles. The van der Waals surface area contributed by atoms with Crippen LogP contribution in [0.5, 0.6) is 0 Å². The summed E-state index contributed by atoms with van der Waals surface area (Å²) < 4.78 is 4.05. The van der Waals surface area contributed by atoms with Crippen molar-refractivity contribution < 1.29 is 24.5 Å². The number of hydrogen-bond acceptors (Lipinski definition) is 4. The Kier molecular flexibility index (Phi) is 4.80. The van der Waals surface area contributed by atoms with Crippen molar-refractivity contribution in [3.05, 3.63) is 0 Å². The van der Waals surface area contributed by atoms with Crippen molar-refractivity contribution in [2.24, 2.45) is 0 Å². The highest BCUT2D eigenvalue weighted by molar-refractivity contribution is 7.57. The van der Waals surface area contributed by atoms with Gasteiger partial charge in [-0.2, -0.15) is 0 Å². The predicted molar refractivity (Wildman–Crippen MR) is 34.4 cm³/mol. The van der Waals surface area contributed by atoms with Crippen LogP contribution in [0, 0.1) is 0 Å². The Morgan fingerprint density at radius 3 is 2.50 bits per heavy atom. The highest BCUT2D eigenvalue weighted by Crippen LogP contribution is 2.09. The first-order valence-corrected chi connectivity index (χ1v) is 3.61. The monoisotopic (exact) mass is 166 g/mol. The summed E-state index contributed by atoms with van der Waals surface area (Å²) in [5.41, 5.74) is -1.03. The zero-order chi connectivity index (χ0) is 7.98. The maximum absolute atomic E-state index is 10.3. The summed E-state index contributed by atoms with van der Waals surface area (Å²) in [5, 5.41) is 16.1. The fourth-order valence-electron chi connectivity index (χ4n) is 0.271. The van der Waals surface area contributed by atoms with E-state index in [-0.39, 0.29) is 6.16 Å². The molecule has 2 N–H and O–H groups in total. The standard InChI is InChI=1S/C4H7O5P/c5-2-9-3(6)1-10-4(7)8/h5,10H,1-2H2,(H,7,8). The number of hydrogen-bond donors (Lipinski definition) is 2. The number of aliphatic hydroxyl groups excluding tert-OH is 1. The molecule has 0 saturated carbocycles. The number of rotatable bonds is 4. The van der Waals surface area contributed by atoms with Crippen molar-refractivity contribution in [2.45, 2.75) is 0 Å². The molecule has 0 aromatic rings. The molecule has 0 aliphatic carbocycles. The minimum Gasteiger partial charge on any atom is -0.478 e. The third-order valence-electron chi connectivity index (χ3n) is 0.609. The van der Waals surface area contributed by atoms with E-state index in [1.165, 1.54) is 0 Å². The molecule has 5 nitrogen and oxygen atoms in total. The molecule has 0 rings (SSSR count). The molecule has 0 amide bonds. The van der Waals surface area contributed by atoms with Crippen molar-refractivity contribution in [3.63, 3.8) is 0 Å². The molecule has 0 radical (unpaired) electrons. The topological polar surface area (TPSA) is 83.8 Å². The van der Waals surface area contributed by atoms with Crippen molar-refractivity contribution in [1.82, 2.24) is 0 Å². The second-order valence-electron chi connectivity index (χ2n) is 1.30. The van der Waals surface area contributed by atoms with E-state index in [4.69, 9.17) is 10.2 Å². The van der Waals surface area contributed by atoms with Crippen LogP contribution in [0.3, 0.4) is 0 Å². The second-order valence-corrected chi connectivity index (χ2v) is 2.44. The lowest BCUT2D eigenvalue weighted by molar-refractivity contribution is -0.148. The summed E-state index contributed by atoms with van der Waals surface area (Å²) >= 11 is 0. The lowest BCUT2D eigenvalue weighted by Gasteiger charge is -1.96. The highest BCUT2D eigenvalue weighted by atomic mass is 31.1. The summed E-state index contributed by atoms with van der Waals surface area (Å²) in [6.45, 7) is -0.692. The lowest BCUT2D eigenvalue weighted by atomic mass is 10.8. The van der Waals surface area contributed by atoms with Gasteiger partial charge in [0.05, 0.1) is 6.16 Å². The second kappa shape index (κ2) is 5.14. The van der Waals surface area contributed by atoms with Crippen LogP contribution in [-0.4, -0.2) is 34.8 Å². The quantitative estimate of drug-likeness (QED) is 0.344. The van der Waals surface area contributed by atoms with Crippen LogP contribution < -0.4 is 0 Å². The van der Waals surface area contributed by atoms with Gasteiger partial charge in [0.2, 0.25) is 0 Å². The molecular weight excluding hydrogens is 159 g/mol. The largest absolute Gasteiger partial charge is 0.478 e. The molecule has 0 aromatic heterocycles. The zero-order valence-corrected chi connectivity index (χ0v) is 6.03. The Bertz CT molecular complexity index is 134. The van der Waals surface area contributed by atoms with E-state index in [0.29, 0.717) is 0 Å². The van der Waals surface area contributed by atoms with E-state index in [2.05, 4.69) is 4.74 Å². The molecule has 0 fully saturated rings. The van der Waals surface area contributed by atoms with Crippen LogP contribution in [0.15, 0.2) is 0 Å². The number of aliphatic hydroxyl groups is 1. The van der Waals surface area contributed by atoms with Crippen LogP contribution >= 0.6 is 8.58 Å². The lowest BCUT2D eigenvalue weighted by Crippen LogP contribution is -2.07.